The van der Waals surface area contributed by atoms with Crippen LogP contribution in [0.2, 0.25) is 5.02 Å². The van der Waals surface area contributed by atoms with Crippen LogP contribution >= 0.6 is 11.6 Å². The van der Waals surface area contributed by atoms with Gasteiger partial charge in [-0.05, 0) is 42.8 Å². The largest absolute Gasteiger partial charge is 0.493 e. The Kier molecular flexibility index (Phi) is 4.86. The van der Waals surface area contributed by atoms with E-state index in [0.29, 0.717) is 40.2 Å². The highest BCUT2D eigenvalue weighted by Crippen LogP contribution is 2.45. The molecule has 8 nitrogen and oxygen atoms in total. The molecule has 1 N–H and O–H groups in total. The molecule has 0 radical (unpaired) electrons. The molecule has 0 unspecified atom stereocenters. The Morgan fingerprint density at radius 1 is 1.16 bits per heavy atom. The van der Waals surface area contributed by atoms with Crippen LogP contribution in [0.15, 0.2) is 47.0 Å². The monoisotopic (exact) mass is 450 g/mol. The summed E-state index contributed by atoms with van der Waals surface area (Å²) in [5.41, 5.74) is 4.58. The maximum absolute atomic E-state index is 13.1. The Bertz CT molecular complexity index is 1360. The number of carbonyl (C=O) groups excluding carboxylic acids is 1. The van der Waals surface area contributed by atoms with E-state index in [4.69, 9.17) is 25.6 Å². The Labute approximate surface area is 188 Å². The number of aryl methyl sites for hydroxylation is 1. The van der Waals surface area contributed by atoms with E-state index in [-0.39, 0.29) is 5.91 Å². The average molecular weight is 451 g/mol. The molecule has 32 heavy (non-hydrogen) atoms. The summed E-state index contributed by atoms with van der Waals surface area (Å²) in [4.78, 5) is 13.1. The lowest BCUT2D eigenvalue weighted by molar-refractivity contribution is 0.102. The molecule has 2 heterocycles. The summed E-state index contributed by atoms with van der Waals surface area (Å²) in [6, 6.07) is 12.8. The number of nitrogens with zero attached hydrogens (tertiary/aromatic N) is 3. The lowest BCUT2D eigenvalue weighted by Gasteiger charge is -2.12. The van der Waals surface area contributed by atoms with Crippen molar-refractivity contribution < 1.29 is 18.8 Å². The van der Waals surface area contributed by atoms with E-state index in [9.17, 15) is 4.79 Å². The molecule has 162 valence electrons. The first-order valence-corrected chi connectivity index (χ1v) is 10.2. The Hall–Kier alpha value is -3.78. The van der Waals surface area contributed by atoms with Crippen molar-refractivity contribution >= 4 is 23.3 Å². The van der Waals surface area contributed by atoms with E-state index in [0.717, 1.165) is 28.1 Å². The minimum absolute atomic E-state index is 0.301. The molecule has 2 aromatic heterocycles. The smallest absolute Gasteiger partial charge is 0.277 e. The molecule has 9 heteroatoms. The van der Waals surface area contributed by atoms with Crippen LogP contribution in [0.1, 0.15) is 27.4 Å². The Morgan fingerprint density at radius 2 is 1.94 bits per heavy atom. The zero-order valence-electron chi connectivity index (χ0n) is 17.6. The predicted octanol–water partition coefficient (Wildman–Crippen LogP) is 4.66. The standard InChI is InChI=1S/C23H19ClN4O4/c1-12-7-20(27-32-12)25-23(29)21-17-8-13-9-18(30-2)19(31-3)11-16(13)22(17)28(26-21)15-6-4-5-14(24)10-15/h4-7,9-11H,8H2,1-3H3,(H,25,27,29). The van der Waals surface area contributed by atoms with Crippen molar-refractivity contribution in [3.05, 3.63) is 70.1 Å². The molecule has 2 aromatic carbocycles. The molecule has 0 fully saturated rings. The summed E-state index contributed by atoms with van der Waals surface area (Å²) < 4.78 is 17.8. The van der Waals surface area contributed by atoms with Crippen molar-refractivity contribution in [1.82, 2.24) is 14.9 Å². The fraction of sp³-hybridized carbons (Fsp3) is 0.174. The highest BCUT2D eigenvalue weighted by Gasteiger charge is 2.32. The van der Waals surface area contributed by atoms with Gasteiger partial charge in [0.1, 0.15) is 5.76 Å². The molecule has 1 aliphatic rings. The van der Waals surface area contributed by atoms with E-state index in [2.05, 4.69) is 15.6 Å². The number of benzene rings is 2. The van der Waals surface area contributed by atoms with E-state index >= 15 is 0 Å². The second-order valence-electron chi connectivity index (χ2n) is 7.39. The number of carbonyl (C=O) groups is 1. The SMILES string of the molecule is COc1cc2c(cc1OC)-c1c(c(C(=O)Nc3cc(C)on3)nn1-c1cccc(Cl)c1)C2. The van der Waals surface area contributed by atoms with Crippen LogP contribution in [0.3, 0.4) is 0 Å². The normalized spacial score (nSPS) is 11.8. The number of ether oxygens (including phenoxy) is 2. The van der Waals surface area contributed by atoms with Crippen LogP contribution < -0.4 is 14.8 Å². The lowest BCUT2D eigenvalue weighted by Crippen LogP contribution is -2.15. The zero-order chi connectivity index (χ0) is 22.4. The number of anilines is 1. The number of nitrogens with one attached hydrogen (secondary N) is 1. The number of halogens is 1. The molecule has 0 saturated heterocycles. The molecule has 0 bridgehead atoms. The summed E-state index contributed by atoms with van der Waals surface area (Å²) in [6.45, 7) is 1.76. The highest BCUT2D eigenvalue weighted by molar-refractivity contribution is 6.30. The van der Waals surface area contributed by atoms with Gasteiger partial charge in [0.05, 0.1) is 25.6 Å². The second kappa shape index (κ2) is 7.72. The Balaban J connectivity index is 1.67. The van der Waals surface area contributed by atoms with Crippen LogP contribution in [0.25, 0.3) is 16.9 Å². The van der Waals surface area contributed by atoms with Crippen LogP contribution in [-0.2, 0) is 6.42 Å². The first-order chi connectivity index (χ1) is 15.5. The third-order valence-electron chi connectivity index (χ3n) is 5.35. The van der Waals surface area contributed by atoms with Gasteiger partial charge in [0.25, 0.3) is 5.91 Å². The third-order valence-corrected chi connectivity index (χ3v) is 5.59. The topological polar surface area (TPSA) is 91.4 Å². The van der Waals surface area contributed by atoms with Gasteiger partial charge in [-0.1, -0.05) is 22.8 Å². The molecular weight excluding hydrogens is 432 g/mol. The van der Waals surface area contributed by atoms with E-state index in [1.165, 1.54) is 0 Å². The number of rotatable bonds is 5. The quantitative estimate of drug-likeness (QED) is 0.418. The molecule has 0 saturated carbocycles. The maximum atomic E-state index is 13.1. The average Bonchev–Trinajstić information content (AvgIpc) is 3.46. The van der Waals surface area contributed by atoms with Crippen molar-refractivity contribution in [2.24, 2.45) is 0 Å². The lowest BCUT2D eigenvalue weighted by atomic mass is 10.1. The first-order valence-electron chi connectivity index (χ1n) is 9.86. The molecular formula is C23H19ClN4O4. The number of aromatic nitrogens is 3. The number of methoxy groups -OCH3 is 2. The molecule has 1 aliphatic carbocycles. The molecule has 0 atom stereocenters. The van der Waals surface area contributed by atoms with Gasteiger partial charge in [-0.2, -0.15) is 5.10 Å². The van der Waals surface area contributed by atoms with Gasteiger partial charge >= 0.3 is 0 Å². The molecule has 4 aromatic rings. The number of amides is 1. The number of hydrogen-bond acceptors (Lipinski definition) is 6. The highest BCUT2D eigenvalue weighted by atomic mass is 35.5. The van der Waals surface area contributed by atoms with Gasteiger partial charge in [-0.3, -0.25) is 4.79 Å². The zero-order valence-corrected chi connectivity index (χ0v) is 18.4. The molecule has 5 rings (SSSR count). The fourth-order valence-corrected chi connectivity index (χ4v) is 4.14. The van der Waals surface area contributed by atoms with Gasteiger partial charge in [0, 0.05) is 28.6 Å². The van der Waals surface area contributed by atoms with Gasteiger partial charge in [0.2, 0.25) is 0 Å². The second-order valence-corrected chi connectivity index (χ2v) is 7.82. The van der Waals surface area contributed by atoms with Gasteiger partial charge in [-0.25, -0.2) is 4.68 Å². The predicted molar refractivity (Wildman–Crippen MR) is 119 cm³/mol. The van der Waals surface area contributed by atoms with E-state index < -0.39 is 0 Å². The summed E-state index contributed by atoms with van der Waals surface area (Å²) in [7, 11) is 3.19. The molecule has 1 amide bonds. The summed E-state index contributed by atoms with van der Waals surface area (Å²) >= 11 is 6.24. The summed E-state index contributed by atoms with van der Waals surface area (Å²) in [5, 5.41) is 11.8. The van der Waals surface area contributed by atoms with Crippen molar-refractivity contribution in [2.45, 2.75) is 13.3 Å². The van der Waals surface area contributed by atoms with Crippen LogP contribution in [0.4, 0.5) is 5.82 Å². The van der Waals surface area contributed by atoms with E-state index in [1.807, 2.05) is 24.3 Å². The maximum Gasteiger partial charge on any atom is 0.277 e. The van der Waals surface area contributed by atoms with Gasteiger partial charge in [-0.15, -0.1) is 0 Å². The molecule has 0 spiro atoms. The van der Waals surface area contributed by atoms with E-state index in [1.54, 1.807) is 44.0 Å². The van der Waals surface area contributed by atoms with Crippen LogP contribution in [-0.4, -0.2) is 35.1 Å². The number of fused-ring (bicyclic) bond motifs is 3. The summed E-state index contributed by atoms with van der Waals surface area (Å²) in [5.74, 6) is 1.78. The van der Waals surface area contributed by atoms with Crippen LogP contribution in [0.5, 0.6) is 11.5 Å². The van der Waals surface area contributed by atoms with Crippen molar-refractivity contribution in [3.8, 4) is 28.4 Å². The minimum Gasteiger partial charge on any atom is -0.493 e. The first kappa shape index (κ1) is 20.1. The summed E-state index contributed by atoms with van der Waals surface area (Å²) in [6.07, 6.45) is 0.520. The fourth-order valence-electron chi connectivity index (χ4n) is 3.95. The number of hydrogen-bond donors (Lipinski definition) is 1. The van der Waals surface area contributed by atoms with Crippen molar-refractivity contribution in [2.75, 3.05) is 19.5 Å². The molecule has 0 aliphatic heterocycles. The van der Waals surface area contributed by atoms with Crippen molar-refractivity contribution in [1.29, 1.82) is 0 Å². The third kappa shape index (κ3) is 3.29. The van der Waals surface area contributed by atoms with Gasteiger partial charge in [0.15, 0.2) is 23.0 Å². The van der Waals surface area contributed by atoms with Crippen molar-refractivity contribution in [3.63, 3.8) is 0 Å². The van der Waals surface area contributed by atoms with Crippen LogP contribution in [0, 0.1) is 6.92 Å². The minimum atomic E-state index is -0.373. The van der Waals surface area contributed by atoms with Gasteiger partial charge < -0.3 is 19.3 Å². The Morgan fingerprint density at radius 3 is 2.62 bits per heavy atom.